The second kappa shape index (κ2) is 5.19. The van der Waals surface area contributed by atoms with Crippen LogP contribution in [0.25, 0.3) is 6.08 Å². The third kappa shape index (κ3) is 2.26. The van der Waals surface area contributed by atoms with Gasteiger partial charge in [0, 0.05) is 6.20 Å². The smallest absolute Gasteiger partial charge is 0.299 e. The number of rotatable bonds is 2. The van der Waals surface area contributed by atoms with Gasteiger partial charge in [0.25, 0.3) is 10.0 Å². The first-order valence-electron chi connectivity index (χ1n) is 6.88. The number of halogens is 1. The van der Waals surface area contributed by atoms with Crippen molar-refractivity contribution in [2.24, 2.45) is 4.99 Å². The SMILES string of the molecule is O=S(=O)(C1=CC=C=C2C=CC=CN21)n1ncc2c1=CC(Br)CN=2. The van der Waals surface area contributed by atoms with Crippen LogP contribution in [0.15, 0.2) is 64.2 Å². The molecule has 1 atom stereocenters. The molecule has 23 heavy (non-hydrogen) atoms. The van der Waals surface area contributed by atoms with Crippen molar-refractivity contribution in [2.75, 3.05) is 6.54 Å². The number of hydrogen-bond acceptors (Lipinski definition) is 5. The predicted octanol–water partition coefficient (Wildman–Crippen LogP) is 0.518. The molecule has 0 saturated heterocycles. The van der Waals surface area contributed by atoms with E-state index in [0.29, 0.717) is 22.9 Å². The summed E-state index contributed by atoms with van der Waals surface area (Å²) in [5.74, 6) is 0. The van der Waals surface area contributed by atoms with Gasteiger partial charge in [-0.05, 0) is 30.4 Å². The largest absolute Gasteiger partial charge is 0.299 e. The van der Waals surface area contributed by atoms with Crippen molar-refractivity contribution in [2.45, 2.75) is 4.83 Å². The number of nitrogens with zero attached hydrogens (tertiary/aromatic N) is 4. The highest BCUT2D eigenvalue weighted by atomic mass is 79.9. The minimum absolute atomic E-state index is 0.00541. The summed E-state index contributed by atoms with van der Waals surface area (Å²) in [7, 11) is -3.85. The van der Waals surface area contributed by atoms with Gasteiger partial charge in [0.2, 0.25) is 0 Å². The van der Waals surface area contributed by atoms with E-state index in [4.69, 9.17) is 0 Å². The summed E-state index contributed by atoms with van der Waals surface area (Å²) in [5, 5.41) is 5.24. The molecule has 1 unspecified atom stereocenters. The second-order valence-electron chi connectivity index (χ2n) is 5.06. The van der Waals surface area contributed by atoms with E-state index in [0.717, 1.165) is 4.09 Å². The van der Waals surface area contributed by atoms with E-state index >= 15 is 0 Å². The minimum atomic E-state index is -3.85. The van der Waals surface area contributed by atoms with Gasteiger partial charge in [-0.15, -0.1) is 0 Å². The monoisotopic (exact) mass is 390 g/mol. The van der Waals surface area contributed by atoms with Crippen molar-refractivity contribution in [3.63, 3.8) is 0 Å². The van der Waals surface area contributed by atoms with E-state index in [1.54, 1.807) is 29.3 Å². The minimum Gasteiger partial charge on any atom is -0.299 e. The van der Waals surface area contributed by atoms with Crippen LogP contribution in [-0.2, 0) is 10.0 Å². The molecular weight excluding hydrogens is 380 g/mol. The maximum absolute atomic E-state index is 13.1. The number of allylic oxidation sites excluding steroid dienone is 4. The maximum atomic E-state index is 13.1. The fourth-order valence-corrected chi connectivity index (χ4v) is 4.34. The molecule has 0 spiro atoms. The highest BCUT2D eigenvalue weighted by Gasteiger charge is 2.30. The molecule has 0 N–H and O–H groups in total. The molecule has 3 aliphatic heterocycles. The van der Waals surface area contributed by atoms with Gasteiger partial charge in [0.1, 0.15) is 10.7 Å². The van der Waals surface area contributed by atoms with Gasteiger partial charge in [-0.2, -0.15) is 17.6 Å². The first kappa shape index (κ1) is 14.4. The summed E-state index contributed by atoms with van der Waals surface area (Å²) in [6, 6.07) is 0. The summed E-state index contributed by atoms with van der Waals surface area (Å²) in [5.41, 5.74) is 3.68. The molecule has 0 radical (unpaired) electrons. The molecule has 3 aliphatic rings. The lowest BCUT2D eigenvalue weighted by atomic mass is 10.2. The molecule has 8 heteroatoms. The van der Waals surface area contributed by atoms with Gasteiger partial charge in [-0.25, -0.2) is 0 Å². The fourth-order valence-electron chi connectivity index (χ4n) is 2.54. The third-order valence-corrected chi connectivity index (χ3v) is 5.74. The van der Waals surface area contributed by atoms with Crippen molar-refractivity contribution < 1.29 is 8.42 Å². The number of hydrogen-bond donors (Lipinski definition) is 0. The Morgan fingerprint density at radius 1 is 1.35 bits per heavy atom. The summed E-state index contributed by atoms with van der Waals surface area (Å²) in [6.07, 6.45) is 13.5. The first-order chi connectivity index (χ1) is 11.1. The van der Waals surface area contributed by atoms with Gasteiger partial charge >= 0.3 is 0 Å². The summed E-state index contributed by atoms with van der Waals surface area (Å²) >= 11 is 3.44. The lowest BCUT2D eigenvalue weighted by molar-refractivity contribution is 0.551. The van der Waals surface area contributed by atoms with E-state index < -0.39 is 10.0 Å². The molecule has 0 aromatic carbocycles. The van der Waals surface area contributed by atoms with E-state index in [-0.39, 0.29) is 9.86 Å². The first-order valence-corrected chi connectivity index (χ1v) is 9.24. The summed E-state index contributed by atoms with van der Waals surface area (Å²) < 4.78 is 27.2. The molecule has 4 heterocycles. The average Bonchev–Trinajstić information content (AvgIpc) is 2.98. The summed E-state index contributed by atoms with van der Waals surface area (Å²) in [6.45, 7) is 0.566. The van der Waals surface area contributed by atoms with Crippen LogP contribution < -0.4 is 10.7 Å². The zero-order chi connectivity index (χ0) is 16.0. The van der Waals surface area contributed by atoms with Gasteiger partial charge in [-0.3, -0.25) is 9.89 Å². The molecule has 1 aromatic rings. The Morgan fingerprint density at radius 3 is 3.09 bits per heavy atom. The van der Waals surface area contributed by atoms with Gasteiger partial charge in [0.15, 0.2) is 5.03 Å². The maximum Gasteiger partial charge on any atom is 0.299 e. The standard InChI is InChI=1S/C15H11BrN4O2S/c16-11-8-14-13(17-9-11)10-18-20(14)23(21,22)15-6-3-5-12-4-1-2-7-19(12)15/h1-4,6-8,10-11H,9H2. The molecular formula is C15H11BrN4O2S. The molecule has 1 aromatic heterocycles. The topological polar surface area (TPSA) is 67.6 Å². The van der Waals surface area contributed by atoms with Crippen LogP contribution in [0.5, 0.6) is 0 Å². The Hall–Kier alpha value is -2.15. The van der Waals surface area contributed by atoms with Crippen LogP contribution in [0.1, 0.15) is 0 Å². The van der Waals surface area contributed by atoms with Gasteiger partial charge in [-0.1, -0.05) is 27.7 Å². The Balaban J connectivity index is 1.88. The predicted molar refractivity (Wildman–Crippen MR) is 89.2 cm³/mol. The van der Waals surface area contributed by atoms with Crippen LogP contribution >= 0.6 is 15.9 Å². The normalized spacial score (nSPS) is 21.8. The molecule has 4 rings (SSSR count). The van der Waals surface area contributed by atoms with Crippen LogP contribution in [0, 0.1) is 0 Å². The van der Waals surface area contributed by atoms with Crippen LogP contribution in [-0.4, -0.2) is 33.9 Å². The number of fused-ring (bicyclic) bond motifs is 2. The Kier molecular flexibility index (Phi) is 3.26. The fraction of sp³-hybridized carbons (Fsp3) is 0.133. The molecule has 0 bridgehead atoms. The Labute approximate surface area is 141 Å². The van der Waals surface area contributed by atoms with Crippen LogP contribution in [0.2, 0.25) is 0 Å². The van der Waals surface area contributed by atoms with Gasteiger partial charge < -0.3 is 0 Å². The number of alkyl halides is 1. The van der Waals surface area contributed by atoms with E-state index in [1.165, 1.54) is 12.3 Å². The summed E-state index contributed by atoms with van der Waals surface area (Å²) in [4.78, 5) is 5.90. The zero-order valence-electron chi connectivity index (χ0n) is 11.8. The lowest BCUT2D eigenvalue weighted by Gasteiger charge is -2.26. The molecule has 0 amide bonds. The molecule has 0 aliphatic carbocycles. The number of aromatic nitrogens is 2. The molecule has 0 saturated carbocycles. The van der Waals surface area contributed by atoms with Crippen molar-refractivity contribution in [1.29, 1.82) is 0 Å². The van der Waals surface area contributed by atoms with E-state index in [2.05, 4.69) is 31.8 Å². The molecule has 6 nitrogen and oxygen atoms in total. The second-order valence-corrected chi connectivity index (χ2v) is 7.95. The molecule has 116 valence electrons. The highest BCUT2D eigenvalue weighted by molar-refractivity contribution is 9.09. The van der Waals surface area contributed by atoms with Crippen molar-refractivity contribution >= 4 is 32.0 Å². The van der Waals surface area contributed by atoms with Crippen molar-refractivity contribution in [3.05, 3.63) is 69.9 Å². The van der Waals surface area contributed by atoms with Crippen molar-refractivity contribution in [3.8, 4) is 0 Å². The Morgan fingerprint density at radius 2 is 2.22 bits per heavy atom. The quantitative estimate of drug-likeness (QED) is 0.545. The zero-order valence-corrected chi connectivity index (χ0v) is 14.2. The highest BCUT2D eigenvalue weighted by Crippen LogP contribution is 2.25. The van der Waals surface area contributed by atoms with Crippen LogP contribution in [0.4, 0.5) is 0 Å². The molecule has 0 fully saturated rings. The third-order valence-electron chi connectivity index (χ3n) is 3.57. The van der Waals surface area contributed by atoms with Crippen molar-refractivity contribution in [1.82, 2.24) is 14.1 Å². The van der Waals surface area contributed by atoms with E-state index in [9.17, 15) is 8.42 Å². The Bertz CT molecular complexity index is 1070. The van der Waals surface area contributed by atoms with Gasteiger partial charge in [0.05, 0.1) is 23.3 Å². The lowest BCUT2D eigenvalue weighted by Crippen LogP contribution is -2.40. The van der Waals surface area contributed by atoms with E-state index in [1.807, 2.05) is 12.2 Å². The van der Waals surface area contributed by atoms with Crippen LogP contribution in [0.3, 0.4) is 0 Å². The average molecular weight is 391 g/mol.